The van der Waals surface area contributed by atoms with Crippen LogP contribution in [0.1, 0.15) is 17.3 Å². The third kappa shape index (κ3) is 1.57. The number of imidazole rings is 1. The van der Waals surface area contributed by atoms with Crippen LogP contribution in [0.15, 0.2) is 18.2 Å². The zero-order valence-corrected chi connectivity index (χ0v) is 8.95. The van der Waals surface area contributed by atoms with Crippen molar-refractivity contribution in [1.82, 2.24) is 9.55 Å². The molecule has 1 heterocycles. The van der Waals surface area contributed by atoms with Gasteiger partial charge in [0.05, 0.1) is 11.0 Å². The molecule has 0 spiro atoms. The van der Waals surface area contributed by atoms with Gasteiger partial charge in [-0.3, -0.25) is 4.79 Å². The van der Waals surface area contributed by atoms with Crippen LogP contribution >= 0.6 is 11.6 Å². The smallest absolute Gasteiger partial charge is 0.248 e. The van der Waals surface area contributed by atoms with Crippen LogP contribution in [-0.2, 0) is 6.54 Å². The Bertz CT molecular complexity index is 533. The number of rotatable bonds is 2. The van der Waals surface area contributed by atoms with Gasteiger partial charge in [0.15, 0.2) is 0 Å². The maximum Gasteiger partial charge on any atom is 0.248 e. The molecule has 2 rings (SSSR count). The number of aryl methyl sites for hydroxylation is 1. The summed E-state index contributed by atoms with van der Waals surface area (Å²) in [5.41, 5.74) is 7.22. The summed E-state index contributed by atoms with van der Waals surface area (Å²) in [6.45, 7) is 2.72. The Morgan fingerprint density at radius 1 is 1.60 bits per heavy atom. The van der Waals surface area contributed by atoms with Crippen molar-refractivity contribution in [3.63, 3.8) is 0 Å². The SMILES string of the molecule is CCn1c(Cl)nc2cc(C(N)=O)ccc21. The van der Waals surface area contributed by atoms with E-state index >= 15 is 0 Å². The third-order valence-corrected chi connectivity index (χ3v) is 2.59. The maximum absolute atomic E-state index is 11.0. The van der Waals surface area contributed by atoms with E-state index in [2.05, 4.69) is 4.98 Å². The van der Waals surface area contributed by atoms with Crippen molar-refractivity contribution in [3.8, 4) is 0 Å². The number of fused-ring (bicyclic) bond motifs is 1. The number of hydrogen-bond acceptors (Lipinski definition) is 2. The number of amides is 1. The summed E-state index contributed by atoms with van der Waals surface area (Å²) in [5, 5.41) is 0.425. The molecule has 1 amide bonds. The fourth-order valence-corrected chi connectivity index (χ4v) is 1.86. The molecule has 1 aromatic carbocycles. The van der Waals surface area contributed by atoms with Crippen molar-refractivity contribution < 1.29 is 4.79 Å². The minimum Gasteiger partial charge on any atom is -0.366 e. The maximum atomic E-state index is 11.0. The summed E-state index contributed by atoms with van der Waals surface area (Å²) in [6, 6.07) is 5.13. The molecule has 0 aliphatic rings. The number of carbonyl (C=O) groups excluding carboxylic acids is 1. The lowest BCUT2D eigenvalue weighted by Gasteiger charge is -2.00. The van der Waals surface area contributed by atoms with Crippen LogP contribution in [0, 0.1) is 0 Å². The average Bonchev–Trinajstić information content (AvgIpc) is 2.51. The van der Waals surface area contributed by atoms with Crippen LogP contribution in [-0.4, -0.2) is 15.5 Å². The van der Waals surface area contributed by atoms with Gasteiger partial charge in [0, 0.05) is 12.1 Å². The molecule has 0 aliphatic carbocycles. The Balaban J connectivity index is 2.69. The van der Waals surface area contributed by atoms with Gasteiger partial charge in [0.2, 0.25) is 11.2 Å². The molecular weight excluding hydrogens is 214 g/mol. The Hall–Kier alpha value is -1.55. The highest BCUT2D eigenvalue weighted by Gasteiger charge is 2.09. The molecule has 78 valence electrons. The van der Waals surface area contributed by atoms with E-state index in [9.17, 15) is 4.79 Å². The fraction of sp³-hybridized carbons (Fsp3) is 0.200. The molecule has 0 unspecified atom stereocenters. The Morgan fingerprint density at radius 2 is 2.33 bits per heavy atom. The lowest BCUT2D eigenvalue weighted by atomic mass is 10.2. The molecule has 4 nitrogen and oxygen atoms in total. The van der Waals surface area contributed by atoms with Crippen LogP contribution in [0.2, 0.25) is 5.28 Å². The van der Waals surface area contributed by atoms with Gasteiger partial charge in [0.25, 0.3) is 0 Å². The largest absolute Gasteiger partial charge is 0.366 e. The lowest BCUT2D eigenvalue weighted by Crippen LogP contribution is -2.10. The number of aromatic nitrogens is 2. The van der Waals surface area contributed by atoms with E-state index in [0.29, 0.717) is 16.4 Å². The van der Waals surface area contributed by atoms with Crippen molar-refractivity contribution in [2.75, 3.05) is 0 Å². The summed E-state index contributed by atoms with van der Waals surface area (Å²) in [4.78, 5) is 15.1. The van der Waals surface area contributed by atoms with Gasteiger partial charge < -0.3 is 10.3 Å². The first kappa shape index (κ1) is 9.98. The molecular formula is C10H10ClN3O. The van der Waals surface area contributed by atoms with E-state index < -0.39 is 5.91 Å². The first-order valence-corrected chi connectivity index (χ1v) is 4.97. The molecule has 2 N–H and O–H groups in total. The fourth-order valence-electron chi connectivity index (χ4n) is 1.55. The summed E-state index contributed by atoms with van der Waals surface area (Å²) < 4.78 is 1.86. The highest BCUT2D eigenvalue weighted by molar-refractivity contribution is 6.29. The predicted molar refractivity (Wildman–Crippen MR) is 58.9 cm³/mol. The van der Waals surface area contributed by atoms with Crippen molar-refractivity contribution in [2.24, 2.45) is 5.73 Å². The van der Waals surface area contributed by atoms with E-state index in [4.69, 9.17) is 17.3 Å². The molecule has 0 fully saturated rings. The predicted octanol–water partition coefficient (Wildman–Crippen LogP) is 1.81. The Kier molecular flexibility index (Phi) is 2.36. The van der Waals surface area contributed by atoms with Gasteiger partial charge in [-0.25, -0.2) is 4.98 Å². The number of carbonyl (C=O) groups is 1. The molecule has 1 aromatic heterocycles. The number of hydrogen-bond donors (Lipinski definition) is 1. The van der Waals surface area contributed by atoms with E-state index in [0.717, 1.165) is 12.1 Å². The molecule has 0 saturated carbocycles. The van der Waals surface area contributed by atoms with Crippen LogP contribution < -0.4 is 5.73 Å². The van der Waals surface area contributed by atoms with Crippen LogP contribution in [0.5, 0.6) is 0 Å². The van der Waals surface area contributed by atoms with Gasteiger partial charge in [-0.05, 0) is 36.7 Å². The standard InChI is InChI=1S/C10H10ClN3O/c1-2-14-8-4-3-6(9(12)15)5-7(8)13-10(14)11/h3-5H,2H2,1H3,(H2,12,15). The van der Waals surface area contributed by atoms with Gasteiger partial charge >= 0.3 is 0 Å². The van der Waals surface area contributed by atoms with Gasteiger partial charge in [-0.15, -0.1) is 0 Å². The lowest BCUT2D eigenvalue weighted by molar-refractivity contribution is 0.100. The van der Waals surface area contributed by atoms with Crippen LogP contribution in [0.25, 0.3) is 11.0 Å². The zero-order chi connectivity index (χ0) is 11.0. The van der Waals surface area contributed by atoms with E-state index in [1.54, 1.807) is 18.2 Å². The second kappa shape index (κ2) is 3.55. The van der Waals surface area contributed by atoms with Gasteiger partial charge in [-0.2, -0.15) is 0 Å². The minimum atomic E-state index is -0.459. The molecule has 0 saturated heterocycles. The second-order valence-corrected chi connectivity index (χ2v) is 3.53. The van der Waals surface area contributed by atoms with Crippen molar-refractivity contribution in [3.05, 3.63) is 29.0 Å². The number of nitrogens with two attached hydrogens (primary N) is 1. The second-order valence-electron chi connectivity index (χ2n) is 3.19. The monoisotopic (exact) mass is 223 g/mol. The van der Waals surface area contributed by atoms with E-state index in [1.807, 2.05) is 11.5 Å². The number of benzene rings is 1. The summed E-state index contributed by atoms with van der Waals surface area (Å²) in [5.74, 6) is -0.459. The topological polar surface area (TPSA) is 60.9 Å². The number of nitrogens with zero attached hydrogens (tertiary/aromatic N) is 2. The normalized spacial score (nSPS) is 10.8. The summed E-state index contributed by atoms with van der Waals surface area (Å²) >= 11 is 5.94. The Labute approximate surface area is 91.7 Å². The minimum absolute atomic E-state index is 0.425. The van der Waals surface area contributed by atoms with E-state index in [-0.39, 0.29) is 0 Å². The van der Waals surface area contributed by atoms with Crippen molar-refractivity contribution in [1.29, 1.82) is 0 Å². The van der Waals surface area contributed by atoms with E-state index in [1.165, 1.54) is 0 Å². The highest BCUT2D eigenvalue weighted by atomic mass is 35.5. The number of halogens is 1. The molecule has 0 aliphatic heterocycles. The molecule has 0 atom stereocenters. The van der Waals surface area contributed by atoms with Crippen molar-refractivity contribution in [2.45, 2.75) is 13.5 Å². The highest BCUT2D eigenvalue weighted by Crippen LogP contribution is 2.20. The molecule has 0 radical (unpaired) electrons. The quantitative estimate of drug-likeness (QED) is 0.844. The summed E-state index contributed by atoms with van der Waals surface area (Å²) in [7, 11) is 0. The first-order valence-electron chi connectivity index (χ1n) is 4.59. The average molecular weight is 224 g/mol. The molecule has 0 bridgehead atoms. The molecule has 5 heteroatoms. The number of primary amides is 1. The zero-order valence-electron chi connectivity index (χ0n) is 8.20. The van der Waals surface area contributed by atoms with Crippen LogP contribution in [0.3, 0.4) is 0 Å². The summed E-state index contributed by atoms with van der Waals surface area (Å²) in [6.07, 6.45) is 0. The van der Waals surface area contributed by atoms with Crippen LogP contribution in [0.4, 0.5) is 0 Å². The first-order chi connectivity index (χ1) is 7.13. The molecule has 2 aromatic rings. The van der Waals surface area contributed by atoms with Crippen molar-refractivity contribution >= 4 is 28.5 Å². The Morgan fingerprint density at radius 3 is 2.93 bits per heavy atom. The third-order valence-electron chi connectivity index (χ3n) is 2.30. The van der Waals surface area contributed by atoms with Gasteiger partial charge in [0.1, 0.15) is 0 Å². The molecule has 15 heavy (non-hydrogen) atoms. The van der Waals surface area contributed by atoms with Gasteiger partial charge in [-0.1, -0.05) is 0 Å².